The lowest BCUT2D eigenvalue weighted by Crippen LogP contribution is -2.31. The summed E-state index contributed by atoms with van der Waals surface area (Å²) < 4.78 is 16.1. The van der Waals surface area contributed by atoms with Crippen LogP contribution in [0, 0.1) is 6.92 Å². The van der Waals surface area contributed by atoms with Gasteiger partial charge in [0.1, 0.15) is 23.7 Å². The second kappa shape index (κ2) is 7.42. The quantitative estimate of drug-likeness (QED) is 0.819. The molecule has 2 heterocycles. The number of aromatic carboxylic acids is 1. The highest BCUT2D eigenvalue weighted by Crippen LogP contribution is 2.16. The molecule has 122 valence electrons. The second-order valence-electron chi connectivity index (χ2n) is 5.39. The summed E-state index contributed by atoms with van der Waals surface area (Å²) in [6.45, 7) is 2.94. The number of carbonyl (C=O) groups excluding carboxylic acids is 1. The molecule has 1 N–H and O–H groups in total. The Morgan fingerprint density at radius 1 is 1.50 bits per heavy atom. The van der Waals surface area contributed by atoms with Crippen molar-refractivity contribution < 1.29 is 28.6 Å². The van der Waals surface area contributed by atoms with E-state index in [1.54, 1.807) is 14.0 Å². The van der Waals surface area contributed by atoms with Crippen LogP contribution in [-0.4, -0.2) is 54.9 Å². The van der Waals surface area contributed by atoms with Gasteiger partial charge in [-0.1, -0.05) is 0 Å². The molecular weight excluding hydrogens is 290 g/mol. The van der Waals surface area contributed by atoms with E-state index in [9.17, 15) is 9.59 Å². The van der Waals surface area contributed by atoms with Crippen molar-refractivity contribution in [2.24, 2.45) is 0 Å². The van der Waals surface area contributed by atoms with Crippen molar-refractivity contribution >= 4 is 11.9 Å². The van der Waals surface area contributed by atoms with Crippen molar-refractivity contribution in [3.63, 3.8) is 0 Å². The lowest BCUT2D eigenvalue weighted by molar-refractivity contribution is -0.136. The first kappa shape index (κ1) is 16.5. The molecule has 1 aliphatic rings. The molecule has 0 radical (unpaired) electrons. The summed E-state index contributed by atoms with van der Waals surface area (Å²) in [5.74, 6) is -0.465. The molecule has 1 atom stereocenters. The van der Waals surface area contributed by atoms with Crippen LogP contribution in [0.1, 0.15) is 34.7 Å². The smallest absolute Gasteiger partial charge is 0.339 e. The molecule has 1 aromatic heterocycles. The van der Waals surface area contributed by atoms with Gasteiger partial charge in [-0.3, -0.25) is 4.79 Å². The number of likely N-dealkylation sites (N-methyl/N-ethyl adjacent to an activating group) is 1. The van der Waals surface area contributed by atoms with Crippen molar-refractivity contribution in [3.05, 3.63) is 23.2 Å². The van der Waals surface area contributed by atoms with Crippen LogP contribution in [0.2, 0.25) is 0 Å². The van der Waals surface area contributed by atoms with Gasteiger partial charge in [-0.15, -0.1) is 0 Å². The molecule has 0 aliphatic carbocycles. The SMILES string of the molecule is Cc1oc(CN(C)C(=O)COCC2CCCO2)cc1C(=O)O. The molecule has 1 aliphatic heterocycles. The zero-order valence-electron chi connectivity index (χ0n) is 12.8. The monoisotopic (exact) mass is 311 g/mol. The van der Waals surface area contributed by atoms with Gasteiger partial charge >= 0.3 is 5.97 Å². The predicted octanol–water partition coefficient (Wildman–Crippen LogP) is 1.44. The van der Waals surface area contributed by atoms with E-state index < -0.39 is 5.97 Å². The van der Waals surface area contributed by atoms with E-state index in [-0.39, 0.29) is 30.7 Å². The third-order valence-corrected chi connectivity index (χ3v) is 3.57. The average Bonchev–Trinajstić information content (AvgIpc) is 3.08. The van der Waals surface area contributed by atoms with Crippen molar-refractivity contribution in [3.8, 4) is 0 Å². The number of carboxylic acid groups (broad SMARTS) is 1. The third-order valence-electron chi connectivity index (χ3n) is 3.57. The van der Waals surface area contributed by atoms with Crippen LogP contribution in [0.25, 0.3) is 0 Å². The molecule has 0 spiro atoms. The molecule has 0 saturated carbocycles. The summed E-state index contributed by atoms with van der Waals surface area (Å²) in [6.07, 6.45) is 2.09. The van der Waals surface area contributed by atoms with Gasteiger partial charge in [-0.25, -0.2) is 4.79 Å². The van der Waals surface area contributed by atoms with Gasteiger partial charge in [0.15, 0.2) is 0 Å². The number of hydrogen-bond donors (Lipinski definition) is 1. The molecule has 1 amide bonds. The highest BCUT2D eigenvalue weighted by atomic mass is 16.5. The summed E-state index contributed by atoms with van der Waals surface area (Å²) in [5.41, 5.74) is 0.116. The minimum absolute atomic E-state index is 0.0260. The molecule has 22 heavy (non-hydrogen) atoms. The molecular formula is C15H21NO6. The third kappa shape index (κ3) is 4.32. The topological polar surface area (TPSA) is 89.2 Å². The molecule has 0 bridgehead atoms. The molecule has 1 unspecified atom stereocenters. The fourth-order valence-corrected chi connectivity index (χ4v) is 2.32. The molecule has 2 rings (SSSR count). The van der Waals surface area contributed by atoms with Gasteiger partial charge in [0.2, 0.25) is 5.91 Å². The van der Waals surface area contributed by atoms with Gasteiger partial charge in [-0.2, -0.15) is 0 Å². The van der Waals surface area contributed by atoms with Crippen LogP contribution in [0.3, 0.4) is 0 Å². The van der Waals surface area contributed by atoms with E-state index in [0.717, 1.165) is 19.4 Å². The summed E-state index contributed by atoms with van der Waals surface area (Å²) in [4.78, 5) is 24.3. The van der Waals surface area contributed by atoms with Crippen molar-refractivity contribution in [2.75, 3.05) is 26.9 Å². The lowest BCUT2D eigenvalue weighted by Gasteiger charge is -2.16. The fourth-order valence-electron chi connectivity index (χ4n) is 2.32. The Balaban J connectivity index is 1.78. The summed E-state index contributed by atoms with van der Waals surface area (Å²) >= 11 is 0. The molecule has 7 nitrogen and oxygen atoms in total. The minimum atomic E-state index is -1.04. The van der Waals surface area contributed by atoms with Crippen LogP contribution in [0.4, 0.5) is 0 Å². The maximum Gasteiger partial charge on any atom is 0.339 e. The zero-order valence-corrected chi connectivity index (χ0v) is 12.8. The standard InChI is InChI=1S/C15H21NO6/c1-10-13(15(18)19)6-12(22-10)7-16(2)14(17)9-20-8-11-4-3-5-21-11/h6,11H,3-5,7-9H2,1-2H3,(H,18,19). The molecule has 1 fully saturated rings. The summed E-state index contributed by atoms with van der Waals surface area (Å²) in [6, 6.07) is 1.44. The van der Waals surface area contributed by atoms with Crippen molar-refractivity contribution in [1.82, 2.24) is 4.90 Å². The number of carbonyl (C=O) groups is 2. The summed E-state index contributed by atoms with van der Waals surface area (Å²) in [7, 11) is 1.62. The van der Waals surface area contributed by atoms with Gasteiger partial charge in [0.25, 0.3) is 0 Å². The average molecular weight is 311 g/mol. The van der Waals surface area contributed by atoms with Crippen LogP contribution < -0.4 is 0 Å². The zero-order chi connectivity index (χ0) is 16.1. The largest absolute Gasteiger partial charge is 0.478 e. The number of hydrogen-bond acceptors (Lipinski definition) is 5. The highest BCUT2D eigenvalue weighted by molar-refractivity contribution is 5.88. The number of furan rings is 1. The van der Waals surface area contributed by atoms with E-state index in [1.165, 1.54) is 11.0 Å². The van der Waals surface area contributed by atoms with Gasteiger partial charge in [0, 0.05) is 13.7 Å². The van der Waals surface area contributed by atoms with Crippen molar-refractivity contribution in [2.45, 2.75) is 32.4 Å². The first-order chi connectivity index (χ1) is 10.5. The highest BCUT2D eigenvalue weighted by Gasteiger charge is 2.19. The Morgan fingerprint density at radius 3 is 2.86 bits per heavy atom. The number of nitrogens with zero attached hydrogens (tertiary/aromatic N) is 1. The Labute approximate surface area is 128 Å². The van der Waals surface area contributed by atoms with Crippen LogP contribution >= 0.6 is 0 Å². The van der Waals surface area contributed by atoms with Crippen LogP contribution in [-0.2, 0) is 20.8 Å². The number of aryl methyl sites for hydroxylation is 1. The van der Waals surface area contributed by atoms with Crippen molar-refractivity contribution in [1.29, 1.82) is 0 Å². The van der Waals surface area contributed by atoms with E-state index in [4.69, 9.17) is 19.0 Å². The summed E-state index contributed by atoms with van der Waals surface area (Å²) in [5, 5.41) is 8.97. The molecule has 7 heteroatoms. The van der Waals surface area contributed by atoms with E-state index in [1.807, 2.05) is 0 Å². The van der Waals surface area contributed by atoms with E-state index in [2.05, 4.69) is 0 Å². The second-order valence-corrected chi connectivity index (χ2v) is 5.39. The molecule has 0 aromatic carbocycles. The number of rotatable bonds is 7. The Morgan fingerprint density at radius 2 is 2.27 bits per heavy atom. The predicted molar refractivity (Wildman–Crippen MR) is 76.7 cm³/mol. The van der Waals surface area contributed by atoms with Gasteiger partial charge in [0.05, 0.1) is 19.3 Å². The van der Waals surface area contributed by atoms with E-state index >= 15 is 0 Å². The first-order valence-electron chi connectivity index (χ1n) is 7.23. The number of ether oxygens (including phenoxy) is 2. The van der Waals surface area contributed by atoms with Crippen LogP contribution in [0.5, 0.6) is 0 Å². The number of carboxylic acids is 1. The maximum atomic E-state index is 11.9. The van der Waals surface area contributed by atoms with Crippen LogP contribution in [0.15, 0.2) is 10.5 Å². The minimum Gasteiger partial charge on any atom is -0.478 e. The number of amides is 1. The fraction of sp³-hybridized carbons (Fsp3) is 0.600. The lowest BCUT2D eigenvalue weighted by atomic mass is 10.2. The van der Waals surface area contributed by atoms with Gasteiger partial charge < -0.3 is 23.9 Å². The van der Waals surface area contributed by atoms with Gasteiger partial charge in [-0.05, 0) is 25.8 Å². The maximum absolute atomic E-state index is 11.9. The van der Waals surface area contributed by atoms with E-state index in [0.29, 0.717) is 18.1 Å². The Kier molecular flexibility index (Phi) is 5.57. The Bertz CT molecular complexity index is 532. The molecule has 1 saturated heterocycles. The first-order valence-corrected chi connectivity index (χ1v) is 7.23. The Hall–Kier alpha value is -1.86. The normalized spacial score (nSPS) is 17.6. The molecule has 1 aromatic rings.